The lowest BCUT2D eigenvalue weighted by Crippen LogP contribution is -2.22. The van der Waals surface area contributed by atoms with E-state index in [2.05, 4.69) is 19.1 Å². The molecule has 0 aromatic heterocycles. The van der Waals surface area contributed by atoms with Gasteiger partial charge in [0.25, 0.3) is 0 Å². The Morgan fingerprint density at radius 2 is 1.68 bits per heavy atom. The first-order valence-electron chi connectivity index (χ1n) is 7.20. The Balaban J connectivity index is 2.11. The van der Waals surface area contributed by atoms with Gasteiger partial charge >= 0.3 is 6.18 Å². The summed E-state index contributed by atoms with van der Waals surface area (Å²) in [5.74, 6) is 0. The molecule has 1 unspecified atom stereocenters. The van der Waals surface area contributed by atoms with Crippen molar-refractivity contribution in [1.29, 1.82) is 0 Å². The van der Waals surface area contributed by atoms with Crippen LogP contribution in [0.3, 0.4) is 0 Å². The summed E-state index contributed by atoms with van der Waals surface area (Å²) in [4.78, 5) is 2.04. The van der Waals surface area contributed by atoms with Gasteiger partial charge in [-0.05, 0) is 38.1 Å². The highest BCUT2D eigenvalue weighted by molar-refractivity contribution is 5.27. The van der Waals surface area contributed by atoms with Crippen molar-refractivity contribution in [2.75, 3.05) is 7.05 Å². The highest BCUT2D eigenvalue weighted by Crippen LogP contribution is 2.30. The molecule has 22 heavy (non-hydrogen) atoms. The number of alkyl halides is 3. The van der Waals surface area contributed by atoms with Crippen LogP contribution in [0.5, 0.6) is 0 Å². The van der Waals surface area contributed by atoms with Gasteiger partial charge in [-0.15, -0.1) is 0 Å². The minimum atomic E-state index is -4.29. The molecule has 0 amide bonds. The zero-order valence-corrected chi connectivity index (χ0v) is 13.0. The van der Waals surface area contributed by atoms with E-state index in [0.717, 1.165) is 11.6 Å². The lowest BCUT2D eigenvalue weighted by atomic mass is 10.0. The minimum Gasteiger partial charge on any atom is -0.295 e. The van der Waals surface area contributed by atoms with Crippen molar-refractivity contribution >= 4 is 0 Å². The number of hydrogen-bond acceptors (Lipinski definition) is 1. The molecule has 0 heterocycles. The molecule has 1 nitrogen and oxygen atoms in total. The molecule has 1 atom stereocenters. The van der Waals surface area contributed by atoms with Crippen LogP contribution >= 0.6 is 0 Å². The van der Waals surface area contributed by atoms with E-state index in [9.17, 15) is 13.2 Å². The van der Waals surface area contributed by atoms with Gasteiger partial charge in [0, 0.05) is 12.6 Å². The van der Waals surface area contributed by atoms with Gasteiger partial charge in [0.15, 0.2) is 0 Å². The summed E-state index contributed by atoms with van der Waals surface area (Å²) in [7, 11) is 1.92. The third-order valence-corrected chi connectivity index (χ3v) is 3.91. The van der Waals surface area contributed by atoms with Crippen LogP contribution < -0.4 is 0 Å². The molecule has 0 aliphatic rings. The predicted molar refractivity (Wildman–Crippen MR) is 82.5 cm³/mol. The lowest BCUT2D eigenvalue weighted by molar-refractivity contribution is -0.137. The lowest BCUT2D eigenvalue weighted by Gasteiger charge is -2.25. The maximum atomic E-state index is 12.8. The van der Waals surface area contributed by atoms with Gasteiger partial charge < -0.3 is 0 Å². The van der Waals surface area contributed by atoms with Crippen LogP contribution in [0, 0.1) is 6.92 Å². The Labute approximate surface area is 129 Å². The third kappa shape index (κ3) is 4.10. The van der Waals surface area contributed by atoms with Crippen LogP contribution in [0.1, 0.15) is 35.2 Å². The summed E-state index contributed by atoms with van der Waals surface area (Å²) in [6, 6.07) is 13.9. The van der Waals surface area contributed by atoms with Crippen LogP contribution in [0.15, 0.2) is 48.5 Å². The Morgan fingerprint density at radius 1 is 1.05 bits per heavy atom. The van der Waals surface area contributed by atoms with Gasteiger partial charge in [-0.2, -0.15) is 13.2 Å². The number of rotatable bonds is 4. The van der Waals surface area contributed by atoms with E-state index in [1.807, 2.05) is 31.0 Å². The van der Waals surface area contributed by atoms with Crippen molar-refractivity contribution in [2.45, 2.75) is 32.6 Å². The van der Waals surface area contributed by atoms with Crippen molar-refractivity contribution in [2.24, 2.45) is 0 Å². The first-order chi connectivity index (χ1) is 10.3. The zero-order valence-electron chi connectivity index (χ0n) is 13.0. The van der Waals surface area contributed by atoms with Gasteiger partial charge in [-0.1, -0.05) is 48.0 Å². The van der Waals surface area contributed by atoms with Crippen LogP contribution in [0.25, 0.3) is 0 Å². The van der Waals surface area contributed by atoms with E-state index in [1.54, 1.807) is 6.07 Å². The highest BCUT2D eigenvalue weighted by atomic mass is 19.4. The first-order valence-corrected chi connectivity index (χ1v) is 7.20. The maximum Gasteiger partial charge on any atom is 0.416 e. The van der Waals surface area contributed by atoms with Crippen LogP contribution in [-0.2, 0) is 12.7 Å². The summed E-state index contributed by atoms with van der Waals surface area (Å²) >= 11 is 0. The second-order valence-electron chi connectivity index (χ2n) is 5.70. The molecule has 0 radical (unpaired) electrons. The molecule has 4 heteroatoms. The molecule has 2 aromatic rings. The van der Waals surface area contributed by atoms with Crippen LogP contribution in [0.4, 0.5) is 13.2 Å². The van der Waals surface area contributed by atoms with Crippen molar-refractivity contribution in [3.8, 4) is 0 Å². The van der Waals surface area contributed by atoms with Gasteiger partial charge in [-0.25, -0.2) is 0 Å². The van der Waals surface area contributed by atoms with E-state index in [4.69, 9.17) is 0 Å². The Bertz CT molecular complexity index is 617. The number of aryl methyl sites for hydroxylation is 1. The Morgan fingerprint density at radius 3 is 2.27 bits per heavy atom. The van der Waals surface area contributed by atoms with Gasteiger partial charge in [-0.3, -0.25) is 4.90 Å². The Hall–Kier alpha value is -1.81. The van der Waals surface area contributed by atoms with Gasteiger partial charge in [0.05, 0.1) is 5.56 Å². The standard InChI is InChI=1S/C18H20F3N/c1-13-7-9-16(10-8-13)14(2)22(3)12-15-5-4-6-17(11-15)18(19,20)21/h4-11,14H,12H2,1-3H3. The highest BCUT2D eigenvalue weighted by Gasteiger charge is 2.30. The van der Waals surface area contributed by atoms with E-state index in [0.29, 0.717) is 12.1 Å². The van der Waals surface area contributed by atoms with Gasteiger partial charge in [0.1, 0.15) is 0 Å². The second kappa shape index (κ2) is 6.53. The fourth-order valence-corrected chi connectivity index (χ4v) is 2.37. The zero-order chi connectivity index (χ0) is 16.3. The number of benzene rings is 2. The quantitative estimate of drug-likeness (QED) is 0.749. The van der Waals surface area contributed by atoms with Crippen molar-refractivity contribution in [1.82, 2.24) is 4.90 Å². The molecule has 0 aliphatic carbocycles. The normalized spacial score (nSPS) is 13.4. The molecule has 0 fully saturated rings. The third-order valence-electron chi connectivity index (χ3n) is 3.91. The monoisotopic (exact) mass is 307 g/mol. The molecular weight excluding hydrogens is 287 g/mol. The molecule has 2 aromatic carbocycles. The molecule has 0 bridgehead atoms. The van der Waals surface area contributed by atoms with Crippen molar-refractivity contribution < 1.29 is 13.2 Å². The van der Waals surface area contributed by atoms with Crippen molar-refractivity contribution in [3.05, 3.63) is 70.8 Å². The topological polar surface area (TPSA) is 3.24 Å². The smallest absolute Gasteiger partial charge is 0.295 e. The Kier molecular flexibility index (Phi) is 4.91. The average molecular weight is 307 g/mol. The van der Waals surface area contributed by atoms with Crippen molar-refractivity contribution in [3.63, 3.8) is 0 Å². The largest absolute Gasteiger partial charge is 0.416 e. The molecular formula is C18H20F3N. The fourth-order valence-electron chi connectivity index (χ4n) is 2.37. The number of nitrogens with zero attached hydrogens (tertiary/aromatic N) is 1. The first kappa shape index (κ1) is 16.6. The average Bonchev–Trinajstić information content (AvgIpc) is 2.46. The molecule has 0 aliphatic heterocycles. The van der Waals surface area contributed by atoms with Crippen LogP contribution in [-0.4, -0.2) is 11.9 Å². The molecule has 2 rings (SSSR count). The predicted octanol–water partition coefficient (Wildman–Crippen LogP) is 5.21. The molecule has 118 valence electrons. The fraction of sp³-hybridized carbons (Fsp3) is 0.333. The van der Waals surface area contributed by atoms with E-state index in [1.165, 1.54) is 17.7 Å². The summed E-state index contributed by atoms with van der Waals surface area (Å²) in [6.45, 7) is 4.55. The maximum absolute atomic E-state index is 12.8. The molecule has 0 N–H and O–H groups in total. The summed E-state index contributed by atoms with van der Waals surface area (Å²) in [6.07, 6.45) is -4.29. The number of halogens is 3. The molecule has 0 saturated heterocycles. The minimum absolute atomic E-state index is 0.134. The summed E-state index contributed by atoms with van der Waals surface area (Å²) in [5.41, 5.74) is 2.41. The SMILES string of the molecule is Cc1ccc(C(C)N(C)Cc2cccc(C(F)(F)F)c2)cc1. The second-order valence-corrected chi connectivity index (χ2v) is 5.70. The summed E-state index contributed by atoms with van der Waals surface area (Å²) in [5, 5.41) is 0. The molecule has 0 saturated carbocycles. The van der Waals surface area contributed by atoms with E-state index >= 15 is 0 Å². The molecule has 0 spiro atoms. The number of hydrogen-bond donors (Lipinski definition) is 0. The van der Waals surface area contributed by atoms with E-state index < -0.39 is 11.7 Å². The van der Waals surface area contributed by atoms with Gasteiger partial charge in [0.2, 0.25) is 0 Å². The van der Waals surface area contributed by atoms with E-state index in [-0.39, 0.29) is 6.04 Å². The summed E-state index contributed by atoms with van der Waals surface area (Å²) < 4.78 is 38.3. The van der Waals surface area contributed by atoms with Crippen LogP contribution in [0.2, 0.25) is 0 Å².